The lowest BCUT2D eigenvalue weighted by molar-refractivity contribution is -0.131. The van der Waals surface area contributed by atoms with E-state index in [1.807, 2.05) is 60.7 Å². The van der Waals surface area contributed by atoms with E-state index in [0.717, 1.165) is 24.2 Å². The summed E-state index contributed by atoms with van der Waals surface area (Å²) in [7, 11) is 0. The molecular weight excluding hydrogens is 404 g/mol. The number of hydrogen-bond donors (Lipinski definition) is 1. The molecule has 162 valence electrons. The molecule has 1 aromatic heterocycles. The second-order valence-electron chi connectivity index (χ2n) is 7.94. The number of aromatic nitrogens is 2. The number of carbonyl (C=O) groups is 2. The van der Waals surface area contributed by atoms with Crippen molar-refractivity contribution in [3.8, 4) is 0 Å². The molecule has 0 bridgehead atoms. The molecule has 3 heterocycles. The van der Waals surface area contributed by atoms with E-state index in [1.165, 1.54) is 4.90 Å². The van der Waals surface area contributed by atoms with Gasteiger partial charge in [0.05, 0.1) is 6.67 Å². The number of imide groups is 1. The Bertz CT molecular complexity index is 1050. The minimum Gasteiger partial charge on any atom is -0.338 e. The molecule has 3 amide bonds. The molecule has 0 unspecified atom stereocenters. The molecule has 2 saturated heterocycles. The van der Waals surface area contributed by atoms with Gasteiger partial charge in [0.2, 0.25) is 5.95 Å². The maximum Gasteiger partial charge on any atom is 0.326 e. The molecule has 0 aliphatic carbocycles. The van der Waals surface area contributed by atoms with Crippen molar-refractivity contribution in [3.63, 3.8) is 0 Å². The number of rotatable bonds is 5. The Kier molecular flexibility index (Phi) is 5.28. The highest BCUT2D eigenvalue weighted by molar-refractivity contribution is 6.09. The van der Waals surface area contributed by atoms with E-state index < -0.39 is 5.54 Å². The molecule has 2 aromatic carbocycles. The van der Waals surface area contributed by atoms with Gasteiger partial charge < -0.3 is 10.2 Å². The van der Waals surface area contributed by atoms with E-state index >= 15 is 0 Å². The maximum absolute atomic E-state index is 13.8. The third-order valence-electron chi connectivity index (χ3n) is 6.07. The summed E-state index contributed by atoms with van der Waals surface area (Å²) >= 11 is 0. The van der Waals surface area contributed by atoms with Crippen LogP contribution >= 0.6 is 0 Å². The SMILES string of the molecule is O=C1NC(c2ccccc2)(c2ccccc2)C(=O)N1CN1CCN(c2ncccn2)CC1. The Labute approximate surface area is 186 Å². The topological polar surface area (TPSA) is 81.7 Å². The van der Waals surface area contributed by atoms with Gasteiger partial charge in [-0.15, -0.1) is 0 Å². The fraction of sp³-hybridized carbons (Fsp3) is 0.250. The van der Waals surface area contributed by atoms with Gasteiger partial charge in [-0.3, -0.25) is 9.69 Å². The van der Waals surface area contributed by atoms with E-state index in [4.69, 9.17) is 0 Å². The molecule has 0 atom stereocenters. The first-order valence-electron chi connectivity index (χ1n) is 10.7. The van der Waals surface area contributed by atoms with E-state index in [0.29, 0.717) is 19.0 Å². The molecule has 2 aliphatic heterocycles. The van der Waals surface area contributed by atoms with Crippen LogP contribution in [0.1, 0.15) is 11.1 Å². The molecule has 0 saturated carbocycles. The number of anilines is 1. The Balaban J connectivity index is 1.36. The highest BCUT2D eigenvalue weighted by Crippen LogP contribution is 2.36. The van der Waals surface area contributed by atoms with Crippen LogP contribution in [0, 0.1) is 0 Å². The summed E-state index contributed by atoms with van der Waals surface area (Å²) in [6.45, 7) is 3.12. The summed E-state index contributed by atoms with van der Waals surface area (Å²) in [5.41, 5.74) is 0.274. The van der Waals surface area contributed by atoms with Crippen molar-refractivity contribution in [3.05, 3.63) is 90.3 Å². The number of nitrogens with one attached hydrogen (secondary N) is 1. The van der Waals surface area contributed by atoms with Crippen molar-refractivity contribution in [2.75, 3.05) is 37.7 Å². The molecule has 32 heavy (non-hydrogen) atoms. The number of amides is 3. The Hall–Kier alpha value is -3.78. The van der Waals surface area contributed by atoms with Crippen LogP contribution in [0.4, 0.5) is 10.7 Å². The molecule has 5 rings (SSSR count). The predicted molar refractivity (Wildman–Crippen MR) is 120 cm³/mol. The summed E-state index contributed by atoms with van der Waals surface area (Å²) < 4.78 is 0. The van der Waals surface area contributed by atoms with Crippen molar-refractivity contribution in [2.45, 2.75) is 5.54 Å². The van der Waals surface area contributed by atoms with Crippen LogP contribution in [0.3, 0.4) is 0 Å². The smallest absolute Gasteiger partial charge is 0.326 e. The van der Waals surface area contributed by atoms with Crippen molar-refractivity contribution in [1.82, 2.24) is 25.1 Å². The normalized spacial score (nSPS) is 18.6. The van der Waals surface area contributed by atoms with Gasteiger partial charge in [-0.25, -0.2) is 19.7 Å². The maximum atomic E-state index is 13.8. The van der Waals surface area contributed by atoms with Crippen LogP contribution in [-0.4, -0.2) is 64.6 Å². The molecule has 2 fully saturated rings. The van der Waals surface area contributed by atoms with Gasteiger partial charge >= 0.3 is 6.03 Å². The molecule has 0 spiro atoms. The van der Waals surface area contributed by atoms with Crippen molar-refractivity contribution < 1.29 is 9.59 Å². The zero-order valence-corrected chi connectivity index (χ0v) is 17.6. The largest absolute Gasteiger partial charge is 0.338 e. The average Bonchev–Trinajstić information content (AvgIpc) is 3.12. The quantitative estimate of drug-likeness (QED) is 0.627. The number of piperazine rings is 1. The fourth-order valence-corrected chi connectivity index (χ4v) is 4.38. The van der Waals surface area contributed by atoms with Crippen LogP contribution in [0.2, 0.25) is 0 Å². The minimum absolute atomic E-state index is 0.246. The van der Waals surface area contributed by atoms with Crippen molar-refractivity contribution >= 4 is 17.9 Å². The van der Waals surface area contributed by atoms with Crippen molar-refractivity contribution in [1.29, 1.82) is 0 Å². The molecule has 8 heteroatoms. The van der Waals surface area contributed by atoms with Crippen molar-refractivity contribution in [2.24, 2.45) is 0 Å². The highest BCUT2D eigenvalue weighted by Gasteiger charge is 2.53. The van der Waals surface area contributed by atoms with Gasteiger partial charge in [0.25, 0.3) is 5.91 Å². The Morgan fingerprint density at radius 3 is 1.91 bits per heavy atom. The van der Waals surface area contributed by atoms with E-state index in [1.54, 1.807) is 18.5 Å². The second kappa shape index (κ2) is 8.39. The van der Waals surface area contributed by atoms with Gasteiger partial charge in [-0.05, 0) is 17.2 Å². The number of hydrogen-bond acceptors (Lipinski definition) is 6. The van der Waals surface area contributed by atoms with Gasteiger partial charge in [0, 0.05) is 38.6 Å². The van der Waals surface area contributed by atoms with E-state index in [-0.39, 0.29) is 18.6 Å². The number of carbonyl (C=O) groups excluding carboxylic acids is 2. The zero-order valence-electron chi connectivity index (χ0n) is 17.6. The first-order chi connectivity index (χ1) is 15.7. The van der Waals surface area contributed by atoms with Crippen LogP contribution in [0.15, 0.2) is 79.1 Å². The predicted octanol–water partition coefficient (Wildman–Crippen LogP) is 2.05. The summed E-state index contributed by atoms with van der Waals surface area (Å²) in [4.78, 5) is 41.0. The molecule has 8 nitrogen and oxygen atoms in total. The van der Waals surface area contributed by atoms with E-state index in [2.05, 4.69) is 25.1 Å². The first kappa shape index (κ1) is 20.1. The van der Waals surface area contributed by atoms with Crippen LogP contribution in [0.5, 0.6) is 0 Å². The molecule has 1 N–H and O–H groups in total. The van der Waals surface area contributed by atoms with Gasteiger partial charge in [0.1, 0.15) is 0 Å². The van der Waals surface area contributed by atoms with Crippen LogP contribution in [0.25, 0.3) is 0 Å². The van der Waals surface area contributed by atoms with Gasteiger partial charge in [0.15, 0.2) is 5.54 Å². The number of benzene rings is 2. The monoisotopic (exact) mass is 428 g/mol. The second-order valence-corrected chi connectivity index (χ2v) is 7.94. The third kappa shape index (κ3) is 3.48. The standard InChI is InChI=1S/C24H24N6O2/c31-21-24(19-8-3-1-4-9-19,20-10-5-2-6-11-20)27-23(32)30(21)18-28-14-16-29(17-15-28)22-25-12-7-13-26-22/h1-13H,14-18H2,(H,27,32). The lowest BCUT2D eigenvalue weighted by atomic mass is 9.83. The fourth-order valence-electron chi connectivity index (χ4n) is 4.38. The first-order valence-corrected chi connectivity index (χ1v) is 10.7. The van der Waals surface area contributed by atoms with Crippen LogP contribution in [-0.2, 0) is 10.3 Å². The third-order valence-corrected chi connectivity index (χ3v) is 6.07. The highest BCUT2D eigenvalue weighted by atomic mass is 16.2. The van der Waals surface area contributed by atoms with Crippen LogP contribution < -0.4 is 10.2 Å². The molecule has 2 aliphatic rings. The summed E-state index contributed by atoms with van der Waals surface area (Å²) in [5.74, 6) is 0.447. The lowest BCUT2D eigenvalue weighted by Crippen LogP contribution is -2.52. The molecular formula is C24H24N6O2. The number of urea groups is 1. The number of nitrogens with zero attached hydrogens (tertiary/aromatic N) is 5. The Morgan fingerprint density at radius 2 is 1.34 bits per heavy atom. The van der Waals surface area contributed by atoms with E-state index in [9.17, 15) is 9.59 Å². The van der Waals surface area contributed by atoms with Gasteiger partial charge in [-0.2, -0.15) is 0 Å². The zero-order chi connectivity index (χ0) is 22.0. The average molecular weight is 428 g/mol. The Morgan fingerprint density at radius 1 is 0.781 bits per heavy atom. The summed E-state index contributed by atoms with van der Waals surface area (Å²) in [6.07, 6.45) is 3.46. The summed E-state index contributed by atoms with van der Waals surface area (Å²) in [6, 6.07) is 20.3. The summed E-state index contributed by atoms with van der Waals surface area (Å²) in [5, 5.41) is 3.00. The van der Waals surface area contributed by atoms with Gasteiger partial charge in [-0.1, -0.05) is 60.7 Å². The molecule has 3 aromatic rings. The lowest BCUT2D eigenvalue weighted by Gasteiger charge is -2.36. The molecule has 0 radical (unpaired) electrons. The minimum atomic E-state index is -1.22.